The van der Waals surface area contributed by atoms with Crippen LogP contribution in [0.1, 0.15) is 66.6 Å². The van der Waals surface area contributed by atoms with Crippen molar-refractivity contribution >= 4 is 33.2 Å². The maximum Gasteiger partial charge on any atom is 0.263 e. The van der Waals surface area contributed by atoms with Gasteiger partial charge in [-0.2, -0.15) is 0 Å². The van der Waals surface area contributed by atoms with Gasteiger partial charge in [0.1, 0.15) is 0 Å². The molecule has 0 radical (unpaired) electrons. The van der Waals surface area contributed by atoms with Crippen LogP contribution in [0.25, 0.3) is 10.1 Å². The highest BCUT2D eigenvalue weighted by atomic mass is 32.1. The van der Waals surface area contributed by atoms with Gasteiger partial charge in [0.05, 0.1) is 4.88 Å². The number of rotatable bonds is 4. The SMILES string of the molecule is CN(C)C(=O)c1sc2ccccc2c1C[C@@H]1CCCCCN1C(=O)C1CCCC1. The summed E-state index contributed by atoms with van der Waals surface area (Å²) in [4.78, 5) is 31.0. The second-order valence-corrected chi connectivity index (χ2v) is 9.88. The molecular weight excluding hydrogens is 380 g/mol. The van der Waals surface area contributed by atoms with Crippen LogP contribution < -0.4 is 0 Å². The first kappa shape index (κ1) is 20.4. The summed E-state index contributed by atoms with van der Waals surface area (Å²) in [5, 5.41) is 1.18. The van der Waals surface area contributed by atoms with Crippen LogP contribution in [-0.2, 0) is 11.2 Å². The van der Waals surface area contributed by atoms with Gasteiger partial charge in [0, 0.05) is 37.3 Å². The fraction of sp³-hybridized carbons (Fsp3) is 0.583. The summed E-state index contributed by atoms with van der Waals surface area (Å²) in [5.74, 6) is 0.663. The Morgan fingerprint density at radius 2 is 1.76 bits per heavy atom. The molecule has 0 spiro atoms. The summed E-state index contributed by atoms with van der Waals surface area (Å²) in [5.41, 5.74) is 1.14. The second kappa shape index (κ2) is 8.86. The molecule has 1 saturated carbocycles. The van der Waals surface area contributed by atoms with Crippen LogP contribution in [0.15, 0.2) is 24.3 Å². The maximum absolute atomic E-state index is 13.3. The first-order valence-corrected chi connectivity index (χ1v) is 11.9. The van der Waals surface area contributed by atoms with Gasteiger partial charge in [-0.25, -0.2) is 0 Å². The van der Waals surface area contributed by atoms with Crippen LogP contribution in [-0.4, -0.2) is 48.3 Å². The molecule has 2 fully saturated rings. The number of likely N-dealkylation sites (tertiary alicyclic amines) is 1. The third-order valence-corrected chi connectivity index (χ3v) is 7.80. The van der Waals surface area contributed by atoms with Crippen molar-refractivity contribution in [3.05, 3.63) is 34.7 Å². The average Bonchev–Trinajstić information content (AvgIpc) is 3.31. The van der Waals surface area contributed by atoms with Crippen molar-refractivity contribution in [3.63, 3.8) is 0 Å². The van der Waals surface area contributed by atoms with Crippen molar-refractivity contribution in [1.82, 2.24) is 9.80 Å². The van der Waals surface area contributed by atoms with Crippen molar-refractivity contribution in [2.24, 2.45) is 5.92 Å². The molecule has 2 aromatic rings. The van der Waals surface area contributed by atoms with E-state index in [1.54, 1.807) is 16.2 Å². The Labute approximate surface area is 177 Å². The first-order chi connectivity index (χ1) is 14.1. The summed E-state index contributed by atoms with van der Waals surface area (Å²) in [7, 11) is 3.64. The molecule has 2 heterocycles. The van der Waals surface area contributed by atoms with Crippen LogP contribution >= 0.6 is 11.3 Å². The molecule has 1 saturated heterocycles. The van der Waals surface area contributed by atoms with E-state index < -0.39 is 0 Å². The number of carbonyl (C=O) groups is 2. The first-order valence-electron chi connectivity index (χ1n) is 11.1. The molecule has 0 bridgehead atoms. The number of amides is 2. The number of carbonyl (C=O) groups excluding carboxylic acids is 2. The molecule has 1 atom stereocenters. The molecule has 1 aliphatic carbocycles. The smallest absolute Gasteiger partial charge is 0.263 e. The van der Waals surface area contributed by atoms with Crippen molar-refractivity contribution in [2.45, 2.75) is 63.8 Å². The molecule has 0 N–H and O–H groups in total. The minimum atomic E-state index is 0.0727. The number of benzene rings is 1. The van der Waals surface area contributed by atoms with E-state index in [4.69, 9.17) is 0 Å². The standard InChI is InChI=1S/C24H32N2O2S/c1-25(2)24(28)22-20(19-13-7-8-14-21(19)29-22)16-18-12-4-3-9-15-26(18)23(27)17-10-5-6-11-17/h7-8,13-14,17-18H,3-6,9-12,15-16H2,1-2H3/t18-/m0/s1. The third kappa shape index (κ3) is 4.20. The highest BCUT2D eigenvalue weighted by molar-refractivity contribution is 7.21. The summed E-state index contributed by atoms with van der Waals surface area (Å²) in [6.45, 7) is 0.874. The summed E-state index contributed by atoms with van der Waals surface area (Å²) in [6, 6.07) is 8.53. The second-order valence-electron chi connectivity index (χ2n) is 8.83. The molecule has 2 aliphatic rings. The van der Waals surface area contributed by atoms with Gasteiger partial charge in [-0.1, -0.05) is 43.9 Å². The Kier molecular flexibility index (Phi) is 6.23. The van der Waals surface area contributed by atoms with Crippen molar-refractivity contribution < 1.29 is 9.59 Å². The minimum absolute atomic E-state index is 0.0727. The molecule has 2 amide bonds. The molecular formula is C24H32N2O2S. The number of nitrogens with zero attached hydrogens (tertiary/aromatic N) is 2. The summed E-state index contributed by atoms with van der Waals surface area (Å²) in [6.07, 6.45) is 9.76. The van der Waals surface area contributed by atoms with Gasteiger partial charge < -0.3 is 9.80 Å². The molecule has 156 valence electrons. The lowest BCUT2D eigenvalue weighted by Gasteiger charge is -2.32. The molecule has 1 aromatic carbocycles. The van der Waals surface area contributed by atoms with Gasteiger partial charge in [0.2, 0.25) is 5.91 Å². The Morgan fingerprint density at radius 3 is 2.52 bits per heavy atom. The fourth-order valence-electron chi connectivity index (χ4n) is 5.00. The van der Waals surface area contributed by atoms with E-state index in [0.717, 1.165) is 60.2 Å². The van der Waals surface area contributed by atoms with Crippen molar-refractivity contribution in [1.29, 1.82) is 0 Å². The quantitative estimate of drug-likeness (QED) is 0.700. The number of thiophene rings is 1. The molecule has 29 heavy (non-hydrogen) atoms. The van der Waals surface area contributed by atoms with Crippen LogP contribution in [0.4, 0.5) is 0 Å². The lowest BCUT2D eigenvalue weighted by molar-refractivity contribution is -0.137. The zero-order valence-corrected chi connectivity index (χ0v) is 18.5. The van der Waals surface area contributed by atoms with Gasteiger partial charge in [0.25, 0.3) is 5.91 Å². The van der Waals surface area contributed by atoms with Crippen LogP contribution in [0, 0.1) is 5.92 Å². The van der Waals surface area contributed by atoms with Gasteiger partial charge in [0.15, 0.2) is 0 Å². The minimum Gasteiger partial charge on any atom is -0.344 e. The van der Waals surface area contributed by atoms with Gasteiger partial charge in [-0.05, 0) is 49.1 Å². The Morgan fingerprint density at radius 1 is 1.03 bits per heavy atom. The molecule has 0 unspecified atom stereocenters. The summed E-state index contributed by atoms with van der Waals surface area (Å²) < 4.78 is 1.16. The van der Waals surface area contributed by atoms with Crippen LogP contribution in [0.5, 0.6) is 0 Å². The largest absolute Gasteiger partial charge is 0.344 e. The molecule has 4 nitrogen and oxygen atoms in total. The van der Waals surface area contributed by atoms with E-state index in [1.165, 1.54) is 24.6 Å². The van der Waals surface area contributed by atoms with Crippen LogP contribution in [0.2, 0.25) is 0 Å². The number of hydrogen-bond donors (Lipinski definition) is 0. The predicted molar refractivity (Wildman–Crippen MR) is 119 cm³/mol. The van der Waals surface area contributed by atoms with Crippen molar-refractivity contribution in [2.75, 3.05) is 20.6 Å². The van der Waals surface area contributed by atoms with E-state index in [-0.39, 0.29) is 17.9 Å². The number of fused-ring (bicyclic) bond motifs is 1. The normalized spacial score (nSPS) is 20.8. The number of hydrogen-bond acceptors (Lipinski definition) is 3. The topological polar surface area (TPSA) is 40.6 Å². The van der Waals surface area contributed by atoms with Crippen molar-refractivity contribution in [3.8, 4) is 0 Å². The Balaban J connectivity index is 1.68. The highest BCUT2D eigenvalue weighted by Gasteiger charge is 2.33. The zero-order valence-electron chi connectivity index (χ0n) is 17.7. The van der Waals surface area contributed by atoms with Crippen LogP contribution in [0.3, 0.4) is 0 Å². The van der Waals surface area contributed by atoms with E-state index in [9.17, 15) is 9.59 Å². The monoisotopic (exact) mass is 412 g/mol. The van der Waals surface area contributed by atoms with E-state index in [0.29, 0.717) is 5.91 Å². The molecule has 4 rings (SSSR count). The zero-order chi connectivity index (χ0) is 20.4. The third-order valence-electron chi connectivity index (χ3n) is 6.60. The van der Waals surface area contributed by atoms with E-state index >= 15 is 0 Å². The average molecular weight is 413 g/mol. The summed E-state index contributed by atoms with van der Waals surface area (Å²) >= 11 is 1.59. The van der Waals surface area contributed by atoms with Gasteiger partial charge in [-0.3, -0.25) is 9.59 Å². The maximum atomic E-state index is 13.3. The molecule has 1 aliphatic heterocycles. The lowest BCUT2D eigenvalue weighted by atomic mass is 9.96. The molecule has 1 aromatic heterocycles. The highest BCUT2D eigenvalue weighted by Crippen LogP contribution is 2.36. The Bertz CT molecular complexity index is 882. The molecule has 5 heteroatoms. The Hall–Kier alpha value is -1.88. The van der Waals surface area contributed by atoms with Gasteiger partial charge in [-0.15, -0.1) is 11.3 Å². The predicted octanol–water partition coefficient (Wildman–Crippen LogP) is 5.11. The lowest BCUT2D eigenvalue weighted by Crippen LogP contribution is -2.44. The van der Waals surface area contributed by atoms with E-state index in [1.807, 2.05) is 20.2 Å². The van der Waals surface area contributed by atoms with Gasteiger partial charge >= 0.3 is 0 Å². The van der Waals surface area contributed by atoms with E-state index in [2.05, 4.69) is 23.1 Å². The fourth-order valence-corrected chi connectivity index (χ4v) is 6.25.